The molecule has 1 aliphatic heterocycles. The molecular formula is C13H12O2. The van der Waals surface area contributed by atoms with Crippen molar-refractivity contribution in [2.75, 3.05) is 0 Å². The van der Waals surface area contributed by atoms with E-state index in [1.807, 2.05) is 49.4 Å². The molecule has 2 rings (SSSR count). The highest BCUT2D eigenvalue weighted by Gasteiger charge is 2.26. The third-order valence-corrected chi connectivity index (χ3v) is 2.28. The van der Waals surface area contributed by atoms with Crippen molar-refractivity contribution in [3.05, 3.63) is 54.1 Å². The molecule has 0 saturated heterocycles. The van der Waals surface area contributed by atoms with Crippen LogP contribution in [0.1, 0.15) is 12.5 Å². The van der Waals surface area contributed by atoms with Gasteiger partial charge in [-0.25, -0.2) is 4.79 Å². The fraction of sp³-hybridized carbons (Fsp3) is 0.154. The topological polar surface area (TPSA) is 26.3 Å². The van der Waals surface area contributed by atoms with Crippen molar-refractivity contribution in [2.45, 2.75) is 12.5 Å². The fourth-order valence-corrected chi connectivity index (χ4v) is 1.43. The van der Waals surface area contributed by atoms with Crippen LogP contribution in [0.4, 0.5) is 0 Å². The molecule has 0 saturated carbocycles. The first-order chi connectivity index (χ1) is 7.18. The lowest BCUT2D eigenvalue weighted by atomic mass is 10.1. The van der Waals surface area contributed by atoms with Crippen LogP contribution in [0.2, 0.25) is 0 Å². The average Bonchev–Trinajstić information content (AvgIpc) is 2.58. The Hall–Kier alpha value is -1.83. The first kappa shape index (κ1) is 9.71. The minimum absolute atomic E-state index is 0.282. The van der Waals surface area contributed by atoms with E-state index in [-0.39, 0.29) is 5.97 Å². The Morgan fingerprint density at radius 2 is 2.00 bits per heavy atom. The first-order valence-electron chi connectivity index (χ1n) is 4.84. The number of carbonyl (C=O) groups excluding carboxylic acids is 1. The summed E-state index contributed by atoms with van der Waals surface area (Å²) in [6, 6.07) is 9.91. The number of carbonyl (C=O) groups is 1. The minimum Gasteiger partial charge on any atom is -0.448 e. The smallest absolute Gasteiger partial charge is 0.331 e. The van der Waals surface area contributed by atoms with Crippen LogP contribution in [0.3, 0.4) is 0 Å². The van der Waals surface area contributed by atoms with Gasteiger partial charge in [-0.2, -0.15) is 0 Å². The molecule has 15 heavy (non-hydrogen) atoms. The molecule has 1 aromatic rings. The molecule has 0 amide bonds. The molecule has 0 fully saturated rings. The van der Waals surface area contributed by atoms with Gasteiger partial charge >= 0.3 is 5.97 Å². The van der Waals surface area contributed by atoms with Gasteiger partial charge in [-0.3, -0.25) is 0 Å². The Morgan fingerprint density at radius 3 is 2.60 bits per heavy atom. The highest BCUT2D eigenvalue weighted by Crippen LogP contribution is 2.21. The van der Waals surface area contributed by atoms with Gasteiger partial charge in [0.15, 0.2) is 0 Å². The summed E-state index contributed by atoms with van der Waals surface area (Å²) in [6.45, 7) is 1.86. The predicted octanol–water partition coefficient (Wildman–Crippen LogP) is 2.57. The SMILES string of the molecule is CC1(/C=C/c2ccccc2)C=CC(=O)O1. The largest absolute Gasteiger partial charge is 0.448 e. The molecule has 0 spiro atoms. The van der Waals surface area contributed by atoms with Crippen LogP contribution < -0.4 is 0 Å². The van der Waals surface area contributed by atoms with E-state index in [9.17, 15) is 4.79 Å². The molecule has 1 aliphatic rings. The molecule has 1 heterocycles. The minimum atomic E-state index is -0.590. The predicted molar refractivity (Wildman–Crippen MR) is 59.1 cm³/mol. The van der Waals surface area contributed by atoms with Crippen molar-refractivity contribution in [1.82, 2.24) is 0 Å². The summed E-state index contributed by atoms with van der Waals surface area (Å²) in [5.41, 5.74) is 0.502. The van der Waals surface area contributed by atoms with Crippen LogP contribution in [0, 0.1) is 0 Å². The molecule has 1 atom stereocenters. The second kappa shape index (κ2) is 3.73. The maximum absolute atomic E-state index is 10.9. The molecule has 0 radical (unpaired) electrons. The van der Waals surface area contributed by atoms with E-state index in [0.29, 0.717) is 0 Å². The zero-order chi connectivity index (χ0) is 10.7. The highest BCUT2D eigenvalue weighted by atomic mass is 16.6. The molecule has 0 aromatic heterocycles. The monoisotopic (exact) mass is 200 g/mol. The Labute approximate surface area is 88.9 Å². The van der Waals surface area contributed by atoms with Gasteiger partial charge in [-0.05, 0) is 24.6 Å². The summed E-state index contributed by atoms with van der Waals surface area (Å²) in [5.74, 6) is -0.282. The molecule has 2 nitrogen and oxygen atoms in total. The van der Waals surface area contributed by atoms with Gasteiger partial charge in [0, 0.05) is 6.08 Å². The number of benzene rings is 1. The zero-order valence-corrected chi connectivity index (χ0v) is 8.51. The van der Waals surface area contributed by atoms with Crippen LogP contribution >= 0.6 is 0 Å². The van der Waals surface area contributed by atoms with Crippen LogP contribution in [-0.4, -0.2) is 11.6 Å². The van der Waals surface area contributed by atoms with Gasteiger partial charge in [0.05, 0.1) is 0 Å². The van der Waals surface area contributed by atoms with Crippen molar-refractivity contribution in [1.29, 1.82) is 0 Å². The Balaban J connectivity index is 2.13. The molecule has 1 unspecified atom stereocenters. The second-order valence-electron chi connectivity index (χ2n) is 3.68. The van der Waals surface area contributed by atoms with Crippen molar-refractivity contribution < 1.29 is 9.53 Å². The fourth-order valence-electron chi connectivity index (χ4n) is 1.43. The molecular weight excluding hydrogens is 188 g/mol. The summed E-state index contributed by atoms with van der Waals surface area (Å²) < 4.78 is 5.13. The number of hydrogen-bond acceptors (Lipinski definition) is 2. The lowest BCUT2D eigenvalue weighted by Crippen LogP contribution is -2.20. The Bertz CT molecular complexity index is 417. The molecule has 0 bridgehead atoms. The van der Waals surface area contributed by atoms with Gasteiger partial charge in [-0.15, -0.1) is 0 Å². The van der Waals surface area contributed by atoms with Crippen molar-refractivity contribution in [3.8, 4) is 0 Å². The Morgan fingerprint density at radius 1 is 1.27 bits per heavy atom. The Kier molecular flexibility index (Phi) is 2.42. The lowest BCUT2D eigenvalue weighted by Gasteiger charge is -2.16. The van der Waals surface area contributed by atoms with E-state index in [4.69, 9.17) is 4.74 Å². The van der Waals surface area contributed by atoms with Gasteiger partial charge in [0.2, 0.25) is 0 Å². The molecule has 76 valence electrons. The molecule has 0 N–H and O–H groups in total. The molecule has 0 aliphatic carbocycles. The van der Waals surface area contributed by atoms with Gasteiger partial charge in [-0.1, -0.05) is 36.4 Å². The van der Waals surface area contributed by atoms with Crippen LogP contribution in [0.25, 0.3) is 6.08 Å². The maximum atomic E-state index is 10.9. The first-order valence-corrected chi connectivity index (χ1v) is 4.84. The van der Waals surface area contributed by atoms with Crippen LogP contribution in [0.5, 0.6) is 0 Å². The summed E-state index contributed by atoms with van der Waals surface area (Å²) in [6.07, 6.45) is 7.04. The quantitative estimate of drug-likeness (QED) is 0.686. The summed E-state index contributed by atoms with van der Waals surface area (Å²) in [5, 5.41) is 0. The second-order valence-corrected chi connectivity index (χ2v) is 3.68. The zero-order valence-electron chi connectivity index (χ0n) is 8.51. The van der Waals surface area contributed by atoms with E-state index in [0.717, 1.165) is 5.56 Å². The lowest BCUT2D eigenvalue weighted by molar-refractivity contribution is -0.141. The van der Waals surface area contributed by atoms with Crippen molar-refractivity contribution in [3.63, 3.8) is 0 Å². The normalized spacial score (nSPS) is 24.7. The van der Waals surface area contributed by atoms with Gasteiger partial charge < -0.3 is 4.74 Å². The van der Waals surface area contributed by atoms with E-state index >= 15 is 0 Å². The number of cyclic esters (lactones) is 1. The van der Waals surface area contributed by atoms with Crippen molar-refractivity contribution in [2.24, 2.45) is 0 Å². The third-order valence-electron chi connectivity index (χ3n) is 2.28. The molecule has 1 aromatic carbocycles. The van der Waals surface area contributed by atoms with E-state index < -0.39 is 5.60 Å². The van der Waals surface area contributed by atoms with Gasteiger partial charge in [0.25, 0.3) is 0 Å². The standard InChI is InChI=1S/C13H12O2/c1-13(10-8-12(14)15-13)9-7-11-5-3-2-4-6-11/h2-10H,1H3/b9-7+. The summed E-state index contributed by atoms with van der Waals surface area (Å²) >= 11 is 0. The van der Waals surface area contributed by atoms with E-state index in [1.54, 1.807) is 6.08 Å². The maximum Gasteiger partial charge on any atom is 0.331 e. The van der Waals surface area contributed by atoms with Crippen LogP contribution in [-0.2, 0) is 9.53 Å². The van der Waals surface area contributed by atoms with Crippen molar-refractivity contribution >= 4 is 12.0 Å². The number of hydrogen-bond donors (Lipinski definition) is 0. The number of esters is 1. The summed E-state index contributed by atoms with van der Waals surface area (Å²) in [4.78, 5) is 10.9. The third kappa shape index (κ3) is 2.34. The number of ether oxygens (including phenoxy) is 1. The average molecular weight is 200 g/mol. The van der Waals surface area contributed by atoms with E-state index in [1.165, 1.54) is 6.08 Å². The van der Waals surface area contributed by atoms with Gasteiger partial charge in [0.1, 0.15) is 5.60 Å². The molecule has 2 heteroatoms. The van der Waals surface area contributed by atoms with Crippen LogP contribution in [0.15, 0.2) is 48.6 Å². The summed E-state index contributed by atoms with van der Waals surface area (Å²) in [7, 11) is 0. The highest BCUT2D eigenvalue weighted by molar-refractivity contribution is 5.85. The number of rotatable bonds is 2. The van der Waals surface area contributed by atoms with E-state index in [2.05, 4.69) is 0 Å².